The van der Waals surface area contributed by atoms with Crippen molar-refractivity contribution in [2.75, 3.05) is 12.4 Å². The third-order valence-electron chi connectivity index (χ3n) is 2.73. The van der Waals surface area contributed by atoms with E-state index in [1.54, 1.807) is 11.8 Å². The summed E-state index contributed by atoms with van der Waals surface area (Å²) in [6, 6.07) is 9.91. The number of fused-ring (bicyclic) bond motifs is 1. The van der Waals surface area contributed by atoms with Gasteiger partial charge in [-0.2, -0.15) is 0 Å². The van der Waals surface area contributed by atoms with Crippen LogP contribution in [0, 0.1) is 0 Å². The van der Waals surface area contributed by atoms with Crippen molar-refractivity contribution in [1.82, 2.24) is 19.6 Å². The molecule has 0 saturated heterocycles. The molecule has 0 spiro atoms. The minimum absolute atomic E-state index is 0.826. The number of anilines is 1. The van der Waals surface area contributed by atoms with Gasteiger partial charge in [-0.15, -0.1) is 10.2 Å². The maximum Gasteiger partial charge on any atom is 0.195 e. The molecule has 0 aliphatic carbocycles. The van der Waals surface area contributed by atoms with Gasteiger partial charge in [-0.25, -0.2) is 4.98 Å². The first-order chi connectivity index (χ1) is 9.36. The molecule has 0 fully saturated rings. The predicted molar refractivity (Wildman–Crippen MR) is 76.3 cm³/mol. The molecule has 1 N–H and O–H groups in total. The number of pyridine rings is 2. The molecule has 0 aliphatic heterocycles. The van der Waals surface area contributed by atoms with Gasteiger partial charge in [-0.3, -0.25) is 4.40 Å². The fourth-order valence-corrected chi connectivity index (χ4v) is 2.58. The molecule has 3 aromatic heterocycles. The minimum atomic E-state index is 0.826. The van der Waals surface area contributed by atoms with Crippen LogP contribution >= 0.6 is 11.8 Å². The number of hydrogen-bond donors (Lipinski definition) is 1. The summed E-state index contributed by atoms with van der Waals surface area (Å²) in [5.74, 6) is 1.70. The Hall–Kier alpha value is -2.08. The topological polar surface area (TPSA) is 55.1 Å². The van der Waals surface area contributed by atoms with Crippen molar-refractivity contribution < 1.29 is 0 Å². The lowest BCUT2D eigenvalue weighted by Gasteiger charge is -2.02. The van der Waals surface area contributed by atoms with Crippen molar-refractivity contribution in [2.24, 2.45) is 0 Å². The molecule has 3 aromatic rings. The standard InChI is InChI=1S/C13H13N5S/c1-14-11-6-5-10(8-15-11)9-19-13-17-16-12-4-2-3-7-18(12)13/h2-8H,9H2,1H3,(H,14,15). The first-order valence-electron chi connectivity index (χ1n) is 5.92. The number of thioether (sulfide) groups is 1. The molecule has 0 bridgehead atoms. The zero-order chi connectivity index (χ0) is 13.1. The van der Waals surface area contributed by atoms with Crippen LogP contribution < -0.4 is 5.32 Å². The first kappa shape index (κ1) is 12.0. The minimum Gasteiger partial charge on any atom is -0.373 e. The van der Waals surface area contributed by atoms with Crippen LogP contribution in [0.15, 0.2) is 47.9 Å². The van der Waals surface area contributed by atoms with Crippen LogP contribution in [0.1, 0.15) is 5.56 Å². The average Bonchev–Trinajstić information content (AvgIpc) is 2.89. The summed E-state index contributed by atoms with van der Waals surface area (Å²) in [7, 11) is 1.86. The molecule has 0 radical (unpaired) electrons. The van der Waals surface area contributed by atoms with Crippen molar-refractivity contribution in [2.45, 2.75) is 10.9 Å². The summed E-state index contributed by atoms with van der Waals surface area (Å²) < 4.78 is 1.99. The van der Waals surface area contributed by atoms with Gasteiger partial charge in [0.05, 0.1) is 0 Å². The largest absolute Gasteiger partial charge is 0.373 e. The lowest BCUT2D eigenvalue weighted by molar-refractivity contribution is 0.921. The Kier molecular flexibility index (Phi) is 3.33. The van der Waals surface area contributed by atoms with Crippen LogP contribution in [0.4, 0.5) is 5.82 Å². The predicted octanol–water partition coefficient (Wildman–Crippen LogP) is 2.46. The van der Waals surface area contributed by atoms with E-state index >= 15 is 0 Å². The lowest BCUT2D eigenvalue weighted by atomic mass is 10.3. The number of nitrogens with one attached hydrogen (secondary N) is 1. The first-order valence-corrected chi connectivity index (χ1v) is 6.90. The fourth-order valence-electron chi connectivity index (χ4n) is 1.72. The van der Waals surface area contributed by atoms with Crippen molar-refractivity contribution in [3.8, 4) is 0 Å². The maximum atomic E-state index is 4.29. The Morgan fingerprint density at radius 1 is 1.21 bits per heavy atom. The van der Waals surface area contributed by atoms with E-state index in [1.807, 2.05) is 48.1 Å². The summed E-state index contributed by atoms with van der Waals surface area (Å²) in [6.07, 6.45) is 3.85. The van der Waals surface area contributed by atoms with Gasteiger partial charge in [0.1, 0.15) is 5.82 Å². The van der Waals surface area contributed by atoms with Crippen LogP contribution in [-0.2, 0) is 5.75 Å². The van der Waals surface area contributed by atoms with Crippen molar-refractivity contribution in [1.29, 1.82) is 0 Å². The molecule has 3 rings (SSSR count). The number of hydrogen-bond acceptors (Lipinski definition) is 5. The zero-order valence-corrected chi connectivity index (χ0v) is 11.3. The highest BCUT2D eigenvalue weighted by atomic mass is 32.2. The second kappa shape index (κ2) is 5.27. The SMILES string of the molecule is CNc1ccc(CSc2nnc3ccccn23)cn1. The molecule has 5 nitrogen and oxygen atoms in total. The van der Waals surface area contributed by atoms with E-state index in [2.05, 4.69) is 26.6 Å². The zero-order valence-electron chi connectivity index (χ0n) is 10.4. The Morgan fingerprint density at radius 2 is 2.16 bits per heavy atom. The number of aromatic nitrogens is 4. The van der Waals surface area contributed by atoms with Gasteiger partial charge >= 0.3 is 0 Å². The molecule has 0 aromatic carbocycles. The summed E-state index contributed by atoms with van der Waals surface area (Å²) in [5, 5.41) is 12.2. The van der Waals surface area contributed by atoms with Crippen molar-refractivity contribution in [3.05, 3.63) is 48.3 Å². The average molecular weight is 271 g/mol. The summed E-state index contributed by atoms with van der Waals surface area (Å²) in [5.41, 5.74) is 2.03. The molecular formula is C13H13N5S. The summed E-state index contributed by atoms with van der Waals surface area (Å²) in [4.78, 5) is 4.29. The van der Waals surface area contributed by atoms with Crippen LogP contribution in [-0.4, -0.2) is 26.6 Å². The number of rotatable bonds is 4. The highest BCUT2D eigenvalue weighted by Crippen LogP contribution is 2.21. The summed E-state index contributed by atoms with van der Waals surface area (Å²) in [6.45, 7) is 0. The molecule has 0 atom stereocenters. The van der Waals surface area contributed by atoms with E-state index in [-0.39, 0.29) is 0 Å². The Bertz CT molecular complexity index is 677. The van der Waals surface area contributed by atoms with Gasteiger partial charge < -0.3 is 5.32 Å². The summed E-state index contributed by atoms with van der Waals surface area (Å²) >= 11 is 1.65. The van der Waals surface area contributed by atoms with Crippen LogP contribution in [0.3, 0.4) is 0 Å². The second-order valence-electron chi connectivity index (χ2n) is 4.00. The van der Waals surface area contributed by atoms with Crippen LogP contribution in [0.5, 0.6) is 0 Å². The monoisotopic (exact) mass is 271 g/mol. The Morgan fingerprint density at radius 3 is 2.95 bits per heavy atom. The van der Waals surface area contributed by atoms with E-state index in [0.717, 1.165) is 27.9 Å². The maximum absolute atomic E-state index is 4.29. The van der Waals surface area contributed by atoms with E-state index in [9.17, 15) is 0 Å². The molecule has 0 amide bonds. The highest BCUT2D eigenvalue weighted by Gasteiger charge is 2.05. The molecular weight excluding hydrogens is 258 g/mol. The third-order valence-corrected chi connectivity index (χ3v) is 3.75. The highest BCUT2D eigenvalue weighted by molar-refractivity contribution is 7.98. The van der Waals surface area contributed by atoms with E-state index in [4.69, 9.17) is 0 Å². The Balaban J connectivity index is 1.74. The van der Waals surface area contributed by atoms with Gasteiger partial charge in [0.25, 0.3) is 0 Å². The molecule has 0 aliphatic rings. The van der Waals surface area contributed by atoms with Crippen LogP contribution in [0.2, 0.25) is 0 Å². The van der Waals surface area contributed by atoms with Gasteiger partial charge in [0.2, 0.25) is 0 Å². The molecule has 0 saturated carbocycles. The smallest absolute Gasteiger partial charge is 0.195 e. The molecule has 0 unspecified atom stereocenters. The normalized spacial score (nSPS) is 10.8. The molecule has 6 heteroatoms. The molecule has 96 valence electrons. The Labute approximate surface area is 115 Å². The van der Waals surface area contributed by atoms with Gasteiger partial charge in [0, 0.05) is 25.2 Å². The third kappa shape index (κ3) is 2.53. The molecule has 19 heavy (non-hydrogen) atoms. The van der Waals surface area contributed by atoms with Gasteiger partial charge in [-0.05, 0) is 23.8 Å². The number of nitrogens with zero attached hydrogens (tertiary/aromatic N) is 4. The fraction of sp³-hybridized carbons (Fsp3) is 0.154. The molecule has 3 heterocycles. The lowest BCUT2D eigenvalue weighted by Crippen LogP contribution is -1.93. The van der Waals surface area contributed by atoms with Crippen molar-refractivity contribution >= 4 is 23.2 Å². The van der Waals surface area contributed by atoms with Crippen LogP contribution in [0.25, 0.3) is 5.65 Å². The van der Waals surface area contributed by atoms with Gasteiger partial charge in [-0.1, -0.05) is 23.9 Å². The second-order valence-corrected chi connectivity index (χ2v) is 4.94. The van der Waals surface area contributed by atoms with Gasteiger partial charge in [0.15, 0.2) is 10.8 Å². The van der Waals surface area contributed by atoms with E-state index in [0.29, 0.717) is 0 Å². The quantitative estimate of drug-likeness (QED) is 0.739. The van der Waals surface area contributed by atoms with E-state index in [1.165, 1.54) is 0 Å². The van der Waals surface area contributed by atoms with Crippen molar-refractivity contribution in [3.63, 3.8) is 0 Å². The van der Waals surface area contributed by atoms with E-state index < -0.39 is 0 Å².